The van der Waals surface area contributed by atoms with E-state index in [2.05, 4.69) is 9.44 Å². The molecule has 0 aliphatic carbocycles. The van der Waals surface area contributed by atoms with E-state index in [0.29, 0.717) is 11.1 Å². The van der Waals surface area contributed by atoms with Gasteiger partial charge in [0.15, 0.2) is 0 Å². The molecule has 0 saturated carbocycles. The Labute approximate surface area is 204 Å². The van der Waals surface area contributed by atoms with Gasteiger partial charge in [-0.1, -0.05) is 73.6 Å². The molecule has 0 aromatic heterocycles. The summed E-state index contributed by atoms with van der Waals surface area (Å²) in [5, 5.41) is 3.66. The Bertz CT molecular complexity index is 1300. The average Bonchev–Trinajstić information content (AvgIpc) is 2.83. The molecule has 3 aromatic carbocycles. The van der Waals surface area contributed by atoms with Crippen LogP contribution in [0.4, 0.5) is 26.3 Å². The van der Waals surface area contributed by atoms with Crippen molar-refractivity contribution in [1.82, 2.24) is 0 Å². The molecular weight excluding hydrogens is 508 g/mol. The number of alkyl halides is 6. The lowest BCUT2D eigenvalue weighted by Crippen LogP contribution is -2.14. The van der Waals surface area contributed by atoms with Crippen LogP contribution in [0.3, 0.4) is 0 Å². The number of nitrogens with zero attached hydrogens (tertiary/aromatic N) is 1. The molecule has 0 aliphatic heterocycles. The number of hydrogen-bond acceptors (Lipinski definition) is 4. The summed E-state index contributed by atoms with van der Waals surface area (Å²) >= 11 is 0. The number of rotatable bonds is 7. The number of halogens is 6. The zero-order valence-electron chi connectivity index (χ0n) is 19.1. The van der Waals surface area contributed by atoms with Gasteiger partial charge in [-0.15, -0.1) is 0 Å². The Kier molecular flexibility index (Phi) is 7.82. The van der Waals surface area contributed by atoms with Gasteiger partial charge in [-0.05, 0) is 36.1 Å². The Morgan fingerprint density at radius 3 is 1.81 bits per heavy atom. The van der Waals surface area contributed by atoms with Gasteiger partial charge in [-0.25, -0.2) is 0 Å². The lowest BCUT2D eigenvalue weighted by molar-refractivity contribution is -0.143. The van der Waals surface area contributed by atoms with Crippen molar-refractivity contribution in [1.29, 1.82) is 0 Å². The standard InChI is InChI=1S/C25H21F6NO3S/c1-3-16(2)17-9-11-19(12-10-17)23(18-7-5-4-6-8-18)32-35-36(33,34)22-14-20(24(26,27)28)13-21(15-22)25(29,30)31/h4-16H,3H2,1-2H3. The van der Waals surface area contributed by atoms with E-state index in [9.17, 15) is 34.8 Å². The summed E-state index contributed by atoms with van der Waals surface area (Å²) < 4.78 is 109. The molecule has 0 aliphatic rings. The van der Waals surface area contributed by atoms with Crippen LogP contribution in [0, 0.1) is 0 Å². The zero-order valence-corrected chi connectivity index (χ0v) is 19.9. The van der Waals surface area contributed by atoms with E-state index in [0.717, 1.165) is 12.0 Å². The van der Waals surface area contributed by atoms with Gasteiger partial charge in [-0.2, -0.15) is 34.8 Å². The molecule has 0 heterocycles. The van der Waals surface area contributed by atoms with Crippen molar-refractivity contribution < 1.29 is 39.0 Å². The highest BCUT2D eigenvalue weighted by molar-refractivity contribution is 7.86. The molecule has 192 valence electrons. The highest BCUT2D eigenvalue weighted by Crippen LogP contribution is 2.37. The second-order valence-corrected chi connectivity index (χ2v) is 9.54. The minimum atomic E-state index is -5.22. The van der Waals surface area contributed by atoms with Crippen LogP contribution in [0.1, 0.15) is 54.0 Å². The fourth-order valence-electron chi connectivity index (χ4n) is 3.27. The first-order valence-electron chi connectivity index (χ1n) is 10.7. The van der Waals surface area contributed by atoms with Crippen LogP contribution in [0.15, 0.2) is 82.8 Å². The van der Waals surface area contributed by atoms with Gasteiger partial charge in [0.05, 0.1) is 11.1 Å². The first kappa shape index (κ1) is 27.3. The Balaban J connectivity index is 2.07. The van der Waals surface area contributed by atoms with Crippen molar-refractivity contribution in [3.63, 3.8) is 0 Å². The molecule has 1 unspecified atom stereocenters. The first-order chi connectivity index (χ1) is 16.7. The summed E-state index contributed by atoms with van der Waals surface area (Å²) in [4.78, 5) is -1.33. The van der Waals surface area contributed by atoms with Gasteiger partial charge in [0, 0.05) is 11.1 Å². The molecule has 0 N–H and O–H groups in total. The van der Waals surface area contributed by atoms with Gasteiger partial charge in [0.25, 0.3) is 0 Å². The van der Waals surface area contributed by atoms with Crippen molar-refractivity contribution in [3.8, 4) is 0 Å². The number of hydrogen-bond donors (Lipinski definition) is 0. The van der Waals surface area contributed by atoms with E-state index >= 15 is 0 Å². The lowest BCUT2D eigenvalue weighted by atomic mass is 9.95. The smallest absolute Gasteiger partial charge is 0.264 e. The third-order valence-corrected chi connectivity index (χ3v) is 6.57. The lowest BCUT2D eigenvalue weighted by Gasteiger charge is -2.14. The largest absolute Gasteiger partial charge is 0.416 e. The highest BCUT2D eigenvalue weighted by atomic mass is 32.2. The van der Waals surface area contributed by atoms with E-state index in [-0.39, 0.29) is 29.8 Å². The number of benzene rings is 3. The fraction of sp³-hybridized carbons (Fsp3) is 0.240. The minimum absolute atomic E-state index is 0.0258. The summed E-state index contributed by atoms with van der Waals surface area (Å²) in [6.45, 7) is 4.05. The Morgan fingerprint density at radius 1 is 0.833 bits per heavy atom. The van der Waals surface area contributed by atoms with Crippen LogP contribution >= 0.6 is 0 Å². The maximum atomic E-state index is 13.2. The van der Waals surface area contributed by atoms with Crippen molar-refractivity contribution in [2.75, 3.05) is 0 Å². The Hall–Kier alpha value is -3.34. The predicted molar refractivity (Wildman–Crippen MR) is 122 cm³/mol. The van der Waals surface area contributed by atoms with E-state index in [1.54, 1.807) is 42.5 Å². The van der Waals surface area contributed by atoms with Crippen molar-refractivity contribution in [2.45, 2.75) is 43.4 Å². The first-order valence-corrected chi connectivity index (χ1v) is 12.1. The monoisotopic (exact) mass is 529 g/mol. The maximum absolute atomic E-state index is 13.2. The summed E-state index contributed by atoms with van der Waals surface area (Å²) in [5.41, 5.74) is -1.67. The van der Waals surface area contributed by atoms with Crippen LogP contribution in [0.25, 0.3) is 0 Å². The molecule has 0 bridgehead atoms. The summed E-state index contributed by atoms with van der Waals surface area (Å²) in [6, 6.07) is 15.2. The molecule has 4 nitrogen and oxygen atoms in total. The molecule has 36 heavy (non-hydrogen) atoms. The van der Waals surface area contributed by atoms with E-state index in [4.69, 9.17) is 0 Å². The van der Waals surface area contributed by atoms with E-state index in [1.165, 1.54) is 0 Å². The van der Waals surface area contributed by atoms with Gasteiger partial charge >= 0.3 is 22.5 Å². The molecule has 11 heteroatoms. The second kappa shape index (κ2) is 10.3. The molecule has 3 aromatic rings. The molecule has 0 saturated heterocycles. The summed E-state index contributed by atoms with van der Waals surface area (Å²) in [7, 11) is -5.15. The molecule has 0 fully saturated rings. The highest BCUT2D eigenvalue weighted by Gasteiger charge is 2.38. The zero-order chi connectivity index (χ0) is 26.7. The third-order valence-electron chi connectivity index (χ3n) is 5.49. The second-order valence-electron chi connectivity index (χ2n) is 8.01. The molecular formula is C25H21F6NO3S. The third kappa shape index (κ3) is 6.45. The molecule has 0 amide bonds. The average molecular weight is 530 g/mol. The van der Waals surface area contributed by atoms with Gasteiger partial charge in [0.1, 0.15) is 10.6 Å². The Morgan fingerprint density at radius 2 is 1.33 bits per heavy atom. The van der Waals surface area contributed by atoms with Crippen LogP contribution in [0.2, 0.25) is 0 Å². The maximum Gasteiger partial charge on any atom is 0.416 e. The van der Waals surface area contributed by atoms with Crippen LogP contribution in [0.5, 0.6) is 0 Å². The topological polar surface area (TPSA) is 55.7 Å². The van der Waals surface area contributed by atoms with Crippen LogP contribution < -0.4 is 0 Å². The fourth-order valence-corrected chi connectivity index (χ4v) is 4.07. The molecule has 0 spiro atoms. The summed E-state index contributed by atoms with van der Waals surface area (Å²) in [5.74, 6) is 0.261. The quantitative estimate of drug-likeness (QED) is 0.182. The van der Waals surface area contributed by atoms with Crippen LogP contribution in [-0.2, 0) is 26.8 Å². The predicted octanol–water partition coefficient (Wildman–Crippen LogP) is 7.40. The van der Waals surface area contributed by atoms with Crippen LogP contribution in [-0.4, -0.2) is 14.1 Å². The minimum Gasteiger partial charge on any atom is -0.264 e. The van der Waals surface area contributed by atoms with Gasteiger partial charge in [-0.3, -0.25) is 4.28 Å². The normalized spacial score (nSPS) is 13.9. The van der Waals surface area contributed by atoms with Crippen molar-refractivity contribution in [2.24, 2.45) is 5.16 Å². The van der Waals surface area contributed by atoms with Gasteiger partial charge in [0.2, 0.25) is 0 Å². The van der Waals surface area contributed by atoms with Gasteiger partial charge < -0.3 is 0 Å². The van der Waals surface area contributed by atoms with Crippen molar-refractivity contribution >= 4 is 15.8 Å². The van der Waals surface area contributed by atoms with E-state index in [1.807, 2.05) is 26.0 Å². The molecule has 0 radical (unpaired) electrons. The summed E-state index contributed by atoms with van der Waals surface area (Å²) in [6.07, 6.45) is -9.56. The van der Waals surface area contributed by atoms with Crippen molar-refractivity contribution in [3.05, 3.63) is 101 Å². The number of oxime groups is 1. The van der Waals surface area contributed by atoms with E-state index < -0.39 is 38.5 Å². The molecule has 1 atom stereocenters. The SMILES string of the molecule is CCC(C)c1ccc(C(=NOS(=O)(=O)c2cc(C(F)(F)F)cc(C(F)(F)F)c2)c2ccccc2)cc1. The molecule has 3 rings (SSSR count).